The van der Waals surface area contributed by atoms with Crippen LogP contribution in [0.2, 0.25) is 5.02 Å². The predicted molar refractivity (Wildman–Crippen MR) is 114 cm³/mol. The molecule has 29 heavy (non-hydrogen) atoms. The fourth-order valence-electron chi connectivity index (χ4n) is 3.85. The fourth-order valence-corrected chi connectivity index (χ4v) is 5.33. The van der Waals surface area contributed by atoms with Gasteiger partial charge >= 0.3 is 5.97 Å². The molecule has 0 aliphatic heterocycles. The van der Waals surface area contributed by atoms with Crippen LogP contribution in [-0.2, 0) is 22.4 Å². The first-order valence-electron chi connectivity index (χ1n) is 9.45. The molecule has 3 aromatic heterocycles. The fraction of sp³-hybridized carbons (Fsp3) is 0.300. The number of benzene rings is 1. The number of carbonyl (C=O) groups excluding carboxylic acids is 1. The van der Waals surface area contributed by atoms with E-state index in [9.17, 15) is 4.79 Å². The van der Waals surface area contributed by atoms with Gasteiger partial charge in [0.05, 0.1) is 40.3 Å². The third kappa shape index (κ3) is 3.22. The first-order chi connectivity index (χ1) is 14.1. The number of aryl methyl sites for hydroxylation is 1. The van der Waals surface area contributed by atoms with Gasteiger partial charge in [0.2, 0.25) is 0 Å². The number of carbonyl (C=O) groups is 1. The largest absolute Gasteiger partial charge is 0.466 e. The van der Waals surface area contributed by atoms with Crippen LogP contribution in [0.4, 0.5) is 11.5 Å². The topological polar surface area (TPSA) is 92.8 Å². The third-order valence-electron chi connectivity index (χ3n) is 5.25. The summed E-state index contributed by atoms with van der Waals surface area (Å²) in [4.78, 5) is 23.2. The summed E-state index contributed by atoms with van der Waals surface area (Å²) in [6, 6.07) is 3.79. The molecule has 0 radical (unpaired) electrons. The van der Waals surface area contributed by atoms with Crippen molar-refractivity contribution in [2.24, 2.45) is 5.92 Å². The first-order valence-corrected chi connectivity index (χ1v) is 10.6. The van der Waals surface area contributed by atoms with E-state index in [1.807, 2.05) is 19.1 Å². The van der Waals surface area contributed by atoms with Gasteiger partial charge in [0.1, 0.15) is 17.0 Å². The minimum Gasteiger partial charge on any atom is -0.466 e. The zero-order valence-corrected chi connectivity index (χ0v) is 17.2. The molecule has 2 N–H and O–H groups in total. The molecule has 1 aromatic carbocycles. The number of thiophene rings is 1. The Kier molecular flexibility index (Phi) is 4.60. The Hall–Kier alpha value is -2.71. The molecule has 1 aliphatic carbocycles. The van der Waals surface area contributed by atoms with Gasteiger partial charge in [-0.25, -0.2) is 9.97 Å². The van der Waals surface area contributed by atoms with Crippen molar-refractivity contribution in [1.82, 2.24) is 20.2 Å². The highest BCUT2D eigenvalue weighted by atomic mass is 35.5. The Labute approximate surface area is 175 Å². The Bertz CT molecular complexity index is 1230. The molecule has 3 heterocycles. The van der Waals surface area contributed by atoms with Gasteiger partial charge in [0.25, 0.3) is 0 Å². The van der Waals surface area contributed by atoms with Gasteiger partial charge in [-0.2, -0.15) is 5.10 Å². The molecule has 4 aromatic rings. The molecule has 9 heteroatoms. The molecule has 1 unspecified atom stereocenters. The average molecular weight is 428 g/mol. The van der Waals surface area contributed by atoms with Crippen molar-refractivity contribution in [2.45, 2.75) is 26.2 Å². The van der Waals surface area contributed by atoms with Crippen LogP contribution in [-0.4, -0.2) is 32.7 Å². The highest BCUT2D eigenvalue weighted by molar-refractivity contribution is 7.19. The van der Waals surface area contributed by atoms with Gasteiger partial charge in [0.15, 0.2) is 0 Å². The molecule has 148 valence electrons. The van der Waals surface area contributed by atoms with Crippen LogP contribution < -0.4 is 5.32 Å². The maximum absolute atomic E-state index is 12.2. The van der Waals surface area contributed by atoms with Crippen LogP contribution in [0.15, 0.2) is 24.7 Å². The molecular formula is C20H18ClN5O2S. The second kappa shape index (κ2) is 7.27. The van der Waals surface area contributed by atoms with Gasteiger partial charge in [0, 0.05) is 10.3 Å². The van der Waals surface area contributed by atoms with E-state index in [0.717, 1.165) is 45.5 Å². The molecule has 0 saturated heterocycles. The van der Waals surface area contributed by atoms with Gasteiger partial charge in [-0.05, 0) is 43.9 Å². The molecule has 5 rings (SSSR count). The van der Waals surface area contributed by atoms with Crippen LogP contribution in [0.5, 0.6) is 0 Å². The number of halogens is 1. The lowest BCUT2D eigenvalue weighted by Gasteiger charge is -2.20. The second-order valence-corrected chi connectivity index (χ2v) is 8.50. The van der Waals surface area contributed by atoms with E-state index in [1.165, 1.54) is 10.4 Å². The Balaban J connectivity index is 1.52. The number of rotatable bonds is 4. The Morgan fingerprint density at radius 2 is 2.31 bits per heavy atom. The lowest BCUT2D eigenvalue weighted by molar-refractivity contribution is -0.148. The van der Waals surface area contributed by atoms with Crippen molar-refractivity contribution in [3.05, 3.63) is 40.1 Å². The van der Waals surface area contributed by atoms with Crippen molar-refractivity contribution in [1.29, 1.82) is 0 Å². The molecule has 1 aliphatic rings. The van der Waals surface area contributed by atoms with Crippen molar-refractivity contribution >= 4 is 61.5 Å². The summed E-state index contributed by atoms with van der Waals surface area (Å²) < 4.78 is 5.22. The molecule has 7 nitrogen and oxygen atoms in total. The number of aromatic nitrogens is 4. The molecule has 0 bridgehead atoms. The van der Waals surface area contributed by atoms with Gasteiger partial charge in [-0.1, -0.05) is 11.6 Å². The number of H-pyrrole nitrogens is 1. The van der Waals surface area contributed by atoms with Crippen molar-refractivity contribution in [2.75, 3.05) is 11.9 Å². The van der Waals surface area contributed by atoms with E-state index < -0.39 is 0 Å². The zero-order chi connectivity index (χ0) is 20.0. The third-order valence-corrected chi connectivity index (χ3v) is 6.72. The Morgan fingerprint density at radius 1 is 1.41 bits per heavy atom. The summed E-state index contributed by atoms with van der Waals surface area (Å²) in [7, 11) is 0. The number of esters is 1. The molecular weight excluding hydrogens is 410 g/mol. The number of hydrogen-bond acceptors (Lipinski definition) is 7. The van der Waals surface area contributed by atoms with E-state index in [4.69, 9.17) is 16.3 Å². The maximum Gasteiger partial charge on any atom is 0.309 e. The monoisotopic (exact) mass is 427 g/mol. The minimum absolute atomic E-state index is 0.0853. The molecule has 0 amide bonds. The number of anilines is 2. The molecule has 0 saturated carbocycles. The van der Waals surface area contributed by atoms with Crippen LogP contribution in [0.1, 0.15) is 23.8 Å². The second-order valence-electron chi connectivity index (χ2n) is 7.01. The first kappa shape index (κ1) is 18.3. The number of hydrogen-bond donors (Lipinski definition) is 2. The van der Waals surface area contributed by atoms with Crippen molar-refractivity contribution in [3.63, 3.8) is 0 Å². The van der Waals surface area contributed by atoms with E-state index in [-0.39, 0.29) is 11.9 Å². The number of ether oxygens (including phenoxy) is 1. The van der Waals surface area contributed by atoms with E-state index in [2.05, 4.69) is 25.5 Å². The molecule has 1 atom stereocenters. The molecule has 0 spiro atoms. The summed E-state index contributed by atoms with van der Waals surface area (Å²) in [6.07, 6.45) is 5.58. The van der Waals surface area contributed by atoms with Crippen LogP contribution in [0, 0.1) is 5.92 Å². The van der Waals surface area contributed by atoms with Gasteiger partial charge in [-0.3, -0.25) is 9.89 Å². The smallest absolute Gasteiger partial charge is 0.309 e. The Morgan fingerprint density at radius 3 is 3.17 bits per heavy atom. The molecule has 0 fully saturated rings. The lowest BCUT2D eigenvalue weighted by Crippen LogP contribution is -2.23. The lowest BCUT2D eigenvalue weighted by atomic mass is 9.88. The van der Waals surface area contributed by atoms with E-state index >= 15 is 0 Å². The highest BCUT2D eigenvalue weighted by Crippen LogP contribution is 2.41. The maximum atomic E-state index is 12.2. The predicted octanol–water partition coefficient (Wildman–Crippen LogP) is 4.63. The summed E-state index contributed by atoms with van der Waals surface area (Å²) in [5, 5.41) is 12.9. The quantitative estimate of drug-likeness (QED) is 0.461. The SMILES string of the molecule is CCOC(=O)C1CCc2c(sc3ncnc(Nc4cc5cn[nH]c5cc4Cl)c23)C1. The zero-order valence-electron chi connectivity index (χ0n) is 15.7. The average Bonchev–Trinajstić information content (AvgIpc) is 3.31. The van der Waals surface area contributed by atoms with Crippen LogP contribution in [0.25, 0.3) is 21.1 Å². The summed E-state index contributed by atoms with van der Waals surface area (Å²) in [5.74, 6) is 0.532. The number of nitrogens with one attached hydrogen (secondary N) is 2. The summed E-state index contributed by atoms with van der Waals surface area (Å²) >= 11 is 8.08. The van der Waals surface area contributed by atoms with Crippen molar-refractivity contribution < 1.29 is 9.53 Å². The minimum atomic E-state index is -0.111. The number of aromatic amines is 1. The number of nitrogens with zero attached hydrogens (tertiary/aromatic N) is 3. The van der Waals surface area contributed by atoms with Crippen LogP contribution in [0.3, 0.4) is 0 Å². The van der Waals surface area contributed by atoms with Crippen molar-refractivity contribution in [3.8, 4) is 0 Å². The highest BCUT2D eigenvalue weighted by Gasteiger charge is 2.30. The van der Waals surface area contributed by atoms with Crippen LogP contribution >= 0.6 is 22.9 Å². The van der Waals surface area contributed by atoms with E-state index in [1.54, 1.807) is 23.9 Å². The normalized spacial score (nSPS) is 16.1. The van der Waals surface area contributed by atoms with E-state index in [0.29, 0.717) is 18.1 Å². The number of fused-ring (bicyclic) bond motifs is 4. The standard InChI is InChI=1S/C20H18ClN5O2S/c1-2-28-20(27)10-3-4-12-16(6-10)29-19-17(12)18(22-9-23-19)25-15-5-11-8-24-26-14(11)7-13(15)21/h5,7-10H,2-4,6H2,1H3,(H,24,26)(H,22,23,25). The summed E-state index contributed by atoms with van der Waals surface area (Å²) in [6.45, 7) is 2.25. The van der Waals surface area contributed by atoms with Gasteiger partial charge in [-0.15, -0.1) is 11.3 Å². The summed E-state index contributed by atoms with van der Waals surface area (Å²) in [5.41, 5.74) is 2.86. The van der Waals surface area contributed by atoms with Gasteiger partial charge < -0.3 is 10.1 Å².